The van der Waals surface area contributed by atoms with Gasteiger partial charge in [0, 0.05) is 23.7 Å². The van der Waals surface area contributed by atoms with Crippen molar-refractivity contribution in [3.63, 3.8) is 0 Å². The number of benzene rings is 1. The second-order valence-electron chi connectivity index (χ2n) is 4.68. The molecule has 0 saturated heterocycles. The van der Waals surface area contributed by atoms with Gasteiger partial charge in [0.15, 0.2) is 5.69 Å². The molecule has 1 heterocycles. The smallest absolute Gasteiger partial charge is 0.271 e. The average molecular weight is 278 g/mol. The molecule has 4 nitrogen and oxygen atoms in total. The molecule has 0 saturated carbocycles. The summed E-state index contributed by atoms with van der Waals surface area (Å²) in [6, 6.07) is 9.33. The van der Waals surface area contributed by atoms with Crippen LogP contribution in [0, 0.1) is 0 Å². The first-order chi connectivity index (χ1) is 8.97. The van der Waals surface area contributed by atoms with Gasteiger partial charge in [-0.3, -0.25) is 9.48 Å². The van der Waals surface area contributed by atoms with Crippen molar-refractivity contribution in [2.75, 3.05) is 0 Å². The van der Waals surface area contributed by atoms with E-state index in [-0.39, 0.29) is 11.9 Å². The maximum Gasteiger partial charge on any atom is 0.271 e. The summed E-state index contributed by atoms with van der Waals surface area (Å²) >= 11 is 5.98. The lowest BCUT2D eigenvalue weighted by Crippen LogP contribution is -2.30. The fourth-order valence-electron chi connectivity index (χ4n) is 1.83. The van der Waals surface area contributed by atoms with Gasteiger partial charge in [0.2, 0.25) is 0 Å². The maximum absolute atomic E-state index is 11.9. The second kappa shape index (κ2) is 5.45. The summed E-state index contributed by atoms with van der Waals surface area (Å²) in [5.74, 6) is -0.168. The third-order valence-electron chi connectivity index (χ3n) is 2.65. The van der Waals surface area contributed by atoms with E-state index in [1.54, 1.807) is 10.7 Å². The van der Waals surface area contributed by atoms with E-state index in [0.29, 0.717) is 10.7 Å². The van der Waals surface area contributed by atoms with E-state index in [2.05, 4.69) is 10.4 Å². The van der Waals surface area contributed by atoms with Crippen LogP contribution >= 0.6 is 11.6 Å². The van der Waals surface area contributed by atoms with Gasteiger partial charge in [-0.1, -0.05) is 23.7 Å². The number of hydrogen-bond donors (Lipinski definition) is 1. The number of nitrogens with zero attached hydrogens (tertiary/aromatic N) is 2. The Morgan fingerprint density at radius 1 is 1.37 bits per heavy atom. The first-order valence-electron chi connectivity index (χ1n) is 6.08. The van der Waals surface area contributed by atoms with Crippen molar-refractivity contribution < 1.29 is 4.79 Å². The van der Waals surface area contributed by atoms with E-state index in [4.69, 9.17) is 11.6 Å². The van der Waals surface area contributed by atoms with Crippen LogP contribution in [0.15, 0.2) is 30.3 Å². The molecule has 0 aliphatic rings. The Balaban J connectivity index is 2.34. The van der Waals surface area contributed by atoms with E-state index in [0.717, 1.165) is 11.3 Å². The normalized spacial score (nSPS) is 10.8. The summed E-state index contributed by atoms with van der Waals surface area (Å²) in [6.07, 6.45) is 0. The molecular weight excluding hydrogens is 262 g/mol. The third-order valence-corrected chi connectivity index (χ3v) is 2.89. The molecular formula is C14H16ClN3O. The number of halogens is 1. The highest BCUT2D eigenvalue weighted by molar-refractivity contribution is 6.30. The van der Waals surface area contributed by atoms with Gasteiger partial charge in [-0.15, -0.1) is 0 Å². The number of carbonyl (C=O) groups excluding carboxylic acids is 1. The van der Waals surface area contributed by atoms with Crippen LogP contribution in [0.1, 0.15) is 24.3 Å². The van der Waals surface area contributed by atoms with Gasteiger partial charge in [-0.05, 0) is 32.0 Å². The summed E-state index contributed by atoms with van der Waals surface area (Å²) < 4.78 is 1.68. The first-order valence-corrected chi connectivity index (χ1v) is 6.46. The zero-order valence-corrected chi connectivity index (χ0v) is 11.9. The lowest BCUT2D eigenvalue weighted by Gasteiger charge is -2.04. The molecule has 0 fully saturated rings. The summed E-state index contributed by atoms with van der Waals surface area (Å²) in [6.45, 7) is 3.83. The SMILES string of the molecule is CC(C)NC(=O)c1cc(-c2cccc(Cl)c2)n(C)n1. The highest BCUT2D eigenvalue weighted by Gasteiger charge is 2.14. The number of rotatable bonds is 3. The predicted molar refractivity (Wildman–Crippen MR) is 76.3 cm³/mol. The quantitative estimate of drug-likeness (QED) is 0.938. The monoisotopic (exact) mass is 277 g/mol. The first kappa shape index (κ1) is 13.6. The molecule has 0 unspecified atom stereocenters. The van der Waals surface area contributed by atoms with Crippen molar-refractivity contribution in [3.8, 4) is 11.3 Å². The van der Waals surface area contributed by atoms with Crippen molar-refractivity contribution >= 4 is 17.5 Å². The Morgan fingerprint density at radius 3 is 2.74 bits per heavy atom. The molecule has 1 amide bonds. The summed E-state index contributed by atoms with van der Waals surface area (Å²) in [5, 5.41) is 7.71. The number of nitrogens with one attached hydrogen (secondary N) is 1. The lowest BCUT2D eigenvalue weighted by atomic mass is 10.1. The molecule has 0 aliphatic heterocycles. The van der Waals surface area contributed by atoms with Gasteiger partial charge in [0.25, 0.3) is 5.91 Å². The predicted octanol–water partition coefficient (Wildman–Crippen LogP) is 2.88. The Hall–Kier alpha value is -1.81. The fraction of sp³-hybridized carbons (Fsp3) is 0.286. The molecule has 1 aromatic carbocycles. The Labute approximate surface area is 117 Å². The van der Waals surface area contributed by atoms with Crippen LogP contribution in [0.3, 0.4) is 0 Å². The zero-order valence-electron chi connectivity index (χ0n) is 11.1. The van der Waals surface area contributed by atoms with E-state index in [1.807, 2.05) is 45.2 Å². The second-order valence-corrected chi connectivity index (χ2v) is 5.11. The molecule has 0 bridgehead atoms. The molecule has 0 radical (unpaired) electrons. The Bertz CT molecular complexity index is 604. The lowest BCUT2D eigenvalue weighted by molar-refractivity contribution is 0.0937. The van der Waals surface area contributed by atoms with Gasteiger partial charge in [0.1, 0.15) is 0 Å². The highest BCUT2D eigenvalue weighted by Crippen LogP contribution is 2.23. The summed E-state index contributed by atoms with van der Waals surface area (Å²) in [5.41, 5.74) is 2.20. The number of hydrogen-bond acceptors (Lipinski definition) is 2. The highest BCUT2D eigenvalue weighted by atomic mass is 35.5. The van der Waals surface area contributed by atoms with Gasteiger partial charge in [-0.25, -0.2) is 0 Å². The molecule has 100 valence electrons. The van der Waals surface area contributed by atoms with Crippen LogP contribution in [0.5, 0.6) is 0 Å². The van der Waals surface area contributed by atoms with E-state index in [1.165, 1.54) is 0 Å². The van der Waals surface area contributed by atoms with E-state index < -0.39 is 0 Å². The van der Waals surface area contributed by atoms with Crippen LogP contribution in [-0.4, -0.2) is 21.7 Å². The maximum atomic E-state index is 11.9. The van der Waals surface area contributed by atoms with Crippen molar-refractivity contribution in [3.05, 3.63) is 41.0 Å². The van der Waals surface area contributed by atoms with Crippen molar-refractivity contribution in [1.82, 2.24) is 15.1 Å². The van der Waals surface area contributed by atoms with E-state index in [9.17, 15) is 4.79 Å². The van der Waals surface area contributed by atoms with Crippen molar-refractivity contribution in [2.45, 2.75) is 19.9 Å². The van der Waals surface area contributed by atoms with Crippen LogP contribution < -0.4 is 5.32 Å². The number of carbonyl (C=O) groups is 1. The van der Waals surface area contributed by atoms with Crippen molar-refractivity contribution in [1.29, 1.82) is 0 Å². The minimum Gasteiger partial charge on any atom is -0.348 e. The molecule has 1 aromatic heterocycles. The molecule has 2 aromatic rings. The van der Waals surface area contributed by atoms with Crippen LogP contribution in [0.25, 0.3) is 11.3 Å². The van der Waals surface area contributed by atoms with Gasteiger partial charge < -0.3 is 5.32 Å². The summed E-state index contributed by atoms with van der Waals surface area (Å²) in [7, 11) is 1.81. The third kappa shape index (κ3) is 3.15. The topological polar surface area (TPSA) is 46.9 Å². The molecule has 0 aliphatic carbocycles. The largest absolute Gasteiger partial charge is 0.348 e. The van der Waals surface area contributed by atoms with Gasteiger partial charge >= 0.3 is 0 Å². The Morgan fingerprint density at radius 2 is 2.11 bits per heavy atom. The Kier molecular flexibility index (Phi) is 3.90. The minimum atomic E-state index is -0.168. The average Bonchev–Trinajstić information content (AvgIpc) is 2.70. The molecule has 0 atom stereocenters. The van der Waals surface area contributed by atoms with Crippen LogP contribution in [0.4, 0.5) is 0 Å². The molecule has 1 N–H and O–H groups in total. The van der Waals surface area contributed by atoms with E-state index >= 15 is 0 Å². The van der Waals surface area contributed by atoms with Crippen molar-refractivity contribution in [2.24, 2.45) is 7.05 Å². The van der Waals surface area contributed by atoms with Gasteiger partial charge in [-0.2, -0.15) is 5.10 Å². The number of aryl methyl sites for hydroxylation is 1. The molecule has 5 heteroatoms. The number of amides is 1. The van der Waals surface area contributed by atoms with Gasteiger partial charge in [0.05, 0.1) is 5.69 Å². The molecule has 19 heavy (non-hydrogen) atoms. The summed E-state index contributed by atoms with van der Waals surface area (Å²) in [4.78, 5) is 11.9. The zero-order chi connectivity index (χ0) is 14.0. The van der Waals surface area contributed by atoms with Crippen LogP contribution in [0.2, 0.25) is 5.02 Å². The standard InChI is InChI=1S/C14H16ClN3O/c1-9(2)16-14(19)12-8-13(18(3)17-12)10-5-4-6-11(15)7-10/h4-9H,1-3H3,(H,16,19). The molecule has 0 spiro atoms. The molecule has 2 rings (SSSR count). The number of aromatic nitrogens is 2. The van der Waals surface area contributed by atoms with Crippen LogP contribution in [-0.2, 0) is 7.05 Å². The minimum absolute atomic E-state index is 0.0872. The fourth-order valence-corrected chi connectivity index (χ4v) is 2.02.